The summed E-state index contributed by atoms with van der Waals surface area (Å²) in [5.41, 5.74) is -1.70. The van der Waals surface area contributed by atoms with Crippen LogP contribution in [0, 0.1) is 0 Å². The summed E-state index contributed by atoms with van der Waals surface area (Å²) in [7, 11) is 1.06. The number of methoxy groups -OCH3 is 1. The number of ether oxygens (including phenoxy) is 1. The zero-order chi connectivity index (χ0) is 14.6. The summed E-state index contributed by atoms with van der Waals surface area (Å²) >= 11 is 0. The van der Waals surface area contributed by atoms with Crippen molar-refractivity contribution >= 4 is 5.97 Å². The van der Waals surface area contributed by atoms with Gasteiger partial charge in [-0.1, -0.05) is 0 Å². The molecule has 0 saturated heterocycles. The van der Waals surface area contributed by atoms with Crippen molar-refractivity contribution in [1.29, 1.82) is 0 Å². The Labute approximate surface area is 106 Å². The van der Waals surface area contributed by atoms with Crippen LogP contribution in [0.15, 0.2) is 18.5 Å². The lowest BCUT2D eigenvalue weighted by Gasteiger charge is -2.20. The highest BCUT2D eigenvalue weighted by Crippen LogP contribution is 2.35. The Balaban J connectivity index is 2.99. The van der Waals surface area contributed by atoms with Crippen LogP contribution in [0.5, 0.6) is 0 Å². The van der Waals surface area contributed by atoms with Gasteiger partial charge in [0.05, 0.1) is 25.2 Å². The summed E-state index contributed by atoms with van der Waals surface area (Å²) in [6, 6.07) is 0.684. The quantitative estimate of drug-likeness (QED) is 0.806. The summed E-state index contributed by atoms with van der Waals surface area (Å²) in [5.74, 6) is -0.844. The van der Waals surface area contributed by atoms with E-state index in [0.29, 0.717) is 6.07 Å². The van der Waals surface area contributed by atoms with Crippen molar-refractivity contribution in [3.8, 4) is 0 Å². The fourth-order valence-corrected chi connectivity index (χ4v) is 1.47. The van der Waals surface area contributed by atoms with E-state index in [1.807, 2.05) is 0 Å². The second kappa shape index (κ2) is 5.98. The molecule has 5 nitrogen and oxygen atoms in total. The molecule has 0 aliphatic carbocycles. The Hall–Kier alpha value is -1.67. The fourth-order valence-electron chi connectivity index (χ4n) is 1.47. The summed E-state index contributed by atoms with van der Waals surface area (Å²) in [5, 5.41) is 19.2. The number of pyridine rings is 1. The number of rotatable bonds is 4. The van der Waals surface area contributed by atoms with Gasteiger partial charge in [0.1, 0.15) is 6.10 Å². The first-order valence-electron chi connectivity index (χ1n) is 5.21. The third-order valence-corrected chi connectivity index (χ3v) is 2.44. The van der Waals surface area contributed by atoms with Crippen molar-refractivity contribution in [1.82, 2.24) is 4.98 Å². The number of hydrogen-bond acceptors (Lipinski definition) is 5. The van der Waals surface area contributed by atoms with Crippen LogP contribution in [0.25, 0.3) is 0 Å². The average molecular weight is 279 g/mol. The van der Waals surface area contributed by atoms with Crippen LogP contribution in [0.2, 0.25) is 0 Å². The summed E-state index contributed by atoms with van der Waals surface area (Å²) in [4.78, 5) is 14.4. The molecular weight excluding hydrogens is 267 g/mol. The van der Waals surface area contributed by atoms with Gasteiger partial charge in [0.15, 0.2) is 0 Å². The van der Waals surface area contributed by atoms with Crippen LogP contribution in [0.1, 0.15) is 23.7 Å². The number of carbonyl (C=O) groups is 1. The molecule has 1 aromatic heterocycles. The molecular formula is C11H12F3NO4. The number of nitrogens with zero attached hydrogens (tertiary/aromatic N) is 1. The zero-order valence-electron chi connectivity index (χ0n) is 9.89. The number of aromatic nitrogens is 1. The number of aliphatic hydroxyl groups is 2. The van der Waals surface area contributed by atoms with E-state index in [2.05, 4.69) is 9.72 Å². The molecule has 0 radical (unpaired) electrons. The van der Waals surface area contributed by atoms with Gasteiger partial charge in [-0.15, -0.1) is 0 Å². The molecule has 0 saturated carbocycles. The molecule has 19 heavy (non-hydrogen) atoms. The summed E-state index contributed by atoms with van der Waals surface area (Å²) in [6.45, 7) is 0. The first-order chi connectivity index (χ1) is 8.77. The van der Waals surface area contributed by atoms with Gasteiger partial charge in [0.2, 0.25) is 0 Å². The molecule has 0 bridgehead atoms. The SMILES string of the molecule is COC(=O)CC(O)C(O)c1cnccc1C(F)(F)F. The van der Waals surface area contributed by atoms with Crippen LogP contribution in [0.4, 0.5) is 13.2 Å². The fraction of sp³-hybridized carbons (Fsp3) is 0.455. The van der Waals surface area contributed by atoms with Gasteiger partial charge in [-0.25, -0.2) is 0 Å². The molecule has 8 heteroatoms. The smallest absolute Gasteiger partial charge is 0.416 e. The third-order valence-electron chi connectivity index (χ3n) is 2.44. The molecule has 2 atom stereocenters. The van der Waals surface area contributed by atoms with Crippen molar-refractivity contribution < 1.29 is 32.9 Å². The minimum atomic E-state index is -4.69. The molecule has 0 aliphatic heterocycles. The molecule has 2 unspecified atom stereocenters. The predicted molar refractivity (Wildman–Crippen MR) is 56.8 cm³/mol. The van der Waals surface area contributed by atoms with E-state index in [4.69, 9.17) is 0 Å². The Morgan fingerprint density at radius 3 is 2.63 bits per heavy atom. The van der Waals surface area contributed by atoms with Gasteiger partial charge >= 0.3 is 12.1 Å². The lowest BCUT2D eigenvalue weighted by Crippen LogP contribution is -2.25. The minimum absolute atomic E-state index is 0.591. The lowest BCUT2D eigenvalue weighted by molar-refractivity contribution is -0.145. The van der Waals surface area contributed by atoms with Crippen molar-refractivity contribution in [3.05, 3.63) is 29.6 Å². The van der Waals surface area contributed by atoms with Crippen LogP contribution in [0.3, 0.4) is 0 Å². The molecule has 106 valence electrons. The Morgan fingerprint density at radius 1 is 1.47 bits per heavy atom. The average Bonchev–Trinajstić information content (AvgIpc) is 2.36. The standard InChI is InChI=1S/C11H12F3NO4/c1-19-9(17)4-8(16)10(18)6-5-15-3-2-7(6)11(12,13)14/h2-3,5,8,10,16,18H,4H2,1H3. The lowest BCUT2D eigenvalue weighted by atomic mass is 9.99. The second-order valence-electron chi connectivity index (χ2n) is 3.75. The monoisotopic (exact) mass is 279 g/mol. The van der Waals surface area contributed by atoms with E-state index < -0.39 is 41.9 Å². The first kappa shape index (κ1) is 15.4. The largest absolute Gasteiger partial charge is 0.469 e. The Kier molecular flexibility index (Phi) is 4.84. The molecule has 1 rings (SSSR count). The second-order valence-corrected chi connectivity index (χ2v) is 3.75. The number of aliphatic hydroxyl groups excluding tert-OH is 2. The molecule has 0 amide bonds. The van der Waals surface area contributed by atoms with Gasteiger partial charge < -0.3 is 14.9 Å². The highest BCUT2D eigenvalue weighted by molar-refractivity contribution is 5.69. The van der Waals surface area contributed by atoms with Crippen molar-refractivity contribution in [2.75, 3.05) is 7.11 Å². The highest BCUT2D eigenvalue weighted by Gasteiger charge is 2.36. The Morgan fingerprint density at radius 2 is 2.11 bits per heavy atom. The maximum Gasteiger partial charge on any atom is 0.416 e. The maximum absolute atomic E-state index is 12.7. The maximum atomic E-state index is 12.7. The highest BCUT2D eigenvalue weighted by atomic mass is 19.4. The minimum Gasteiger partial charge on any atom is -0.469 e. The zero-order valence-corrected chi connectivity index (χ0v) is 9.89. The van der Waals surface area contributed by atoms with E-state index in [1.54, 1.807) is 0 Å². The molecule has 1 aromatic rings. The van der Waals surface area contributed by atoms with E-state index >= 15 is 0 Å². The van der Waals surface area contributed by atoms with Gasteiger partial charge in [-0.2, -0.15) is 13.2 Å². The predicted octanol–water partition coefficient (Wildman–Crippen LogP) is 1.06. The van der Waals surface area contributed by atoms with Gasteiger partial charge in [0.25, 0.3) is 0 Å². The van der Waals surface area contributed by atoms with E-state index in [0.717, 1.165) is 19.5 Å². The summed E-state index contributed by atoms with van der Waals surface area (Å²) in [6.07, 6.45) is -7.18. The van der Waals surface area contributed by atoms with Crippen molar-refractivity contribution in [3.63, 3.8) is 0 Å². The number of esters is 1. The van der Waals surface area contributed by atoms with Crippen LogP contribution in [-0.4, -0.2) is 34.4 Å². The summed E-state index contributed by atoms with van der Waals surface area (Å²) < 4.78 is 42.3. The normalized spacial score (nSPS) is 14.8. The number of alkyl halides is 3. The van der Waals surface area contributed by atoms with E-state index in [9.17, 15) is 28.2 Å². The molecule has 0 aliphatic rings. The van der Waals surface area contributed by atoms with Crippen LogP contribution < -0.4 is 0 Å². The molecule has 0 spiro atoms. The van der Waals surface area contributed by atoms with E-state index in [-0.39, 0.29) is 0 Å². The molecule has 0 aromatic carbocycles. The first-order valence-corrected chi connectivity index (χ1v) is 5.21. The Bertz CT molecular complexity index is 450. The van der Waals surface area contributed by atoms with Crippen molar-refractivity contribution in [2.45, 2.75) is 24.8 Å². The van der Waals surface area contributed by atoms with Crippen LogP contribution >= 0.6 is 0 Å². The molecule has 2 N–H and O–H groups in total. The third kappa shape index (κ3) is 3.90. The van der Waals surface area contributed by atoms with Gasteiger partial charge in [-0.3, -0.25) is 9.78 Å². The molecule has 0 fully saturated rings. The van der Waals surface area contributed by atoms with Crippen molar-refractivity contribution in [2.24, 2.45) is 0 Å². The van der Waals surface area contributed by atoms with Crippen LogP contribution in [-0.2, 0) is 15.7 Å². The van der Waals surface area contributed by atoms with Gasteiger partial charge in [-0.05, 0) is 6.07 Å². The number of hydrogen-bond donors (Lipinski definition) is 2. The van der Waals surface area contributed by atoms with E-state index in [1.165, 1.54) is 0 Å². The van der Waals surface area contributed by atoms with Gasteiger partial charge in [0, 0.05) is 18.0 Å². The number of carbonyl (C=O) groups excluding carboxylic acids is 1. The molecule has 1 heterocycles. The topological polar surface area (TPSA) is 79.7 Å². The number of halogens is 3.